The maximum absolute atomic E-state index is 12.3. The molecule has 24 heavy (non-hydrogen) atoms. The first kappa shape index (κ1) is 16.7. The van der Waals surface area contributed by atoms with Gasteiger partial charge in [0.2, 0.25) is 0 Å². The molecule has 1 N–H and O–H groups in total. The zero-order chi connectivity index (χ0) is 16.8. The summed E-state index contributed by atoms with van der Waals surface area (Å²) in [5.74, 6) is -0.112. The Kier molecular flexibility index (Phi) is 5.67. The van der Waals surface area contributed by atoms with Crippen molar-refractivity contribution in [2.45, 2.75) is 32.0 Å². The first-order chi connectivity index (χ1) is 11.8. The number of rotatable bonds is 6. The van der Waals surface area contributed by atoms with Crippen LogP contribution in [0.2, 0.25) is 0 Å². The Balaban J connectivity index is 1.58. The third-order valence-electron chi connectivity index (χ3n) is 4.42. The van der Waals surface area contributed by atoms with E-state index in [2.05, 4.69) is 41.4 Å². The summed E-state index contributed by atoms with van der Waals surface area (Å²) >= 11 is 0. The minimum absolute atomic E-state index is 0.00307. The van der Waals surface area contributed by atoms with Gasteiger partial charge in [-0.2, -0.15) is 0 Å². The van der Waals surface area contributed by atoms with Crippen LogP contribution in [-0.2, 0) is 11.3 Å². The Morgan fingerprint density at radius 3 is 2.88 bits per heavy atom. The van der Waals surface area contributed by atoms with Crippen LogP contribution in [0.4, 0.5) is 0 Å². The van der Waals surface area contributed by atoms with Crippen molar-refractivity contribution in [3.8, 4) is 0 Å². The second-order valence-corrected chi connectivity index (χ2v) is 6.13. The van der Waals surface area contributed by atoms with Crippen molar-refractivity contribution in [2.75, 3.05) is 19.7 Å². The molecule has 0 aliphatic carbocycles. The molecule has 1 aromatic carbocycles. The molecule has 1 aromatic heterocycles. The fourth-order valence-corrected chi connectivity index (χ4v) is 3.06. The van der Waals surface area contributed by atoms with Gasteiger partial charge in [0, 0.05) is 19.6 Å². The van der Waals surface area contributed by atoms with E-state index in [1.165, 1.54) is 18.1 Å². The highest BCUT2D eigenvalue weighted by Gasteiger charge is 2.28. The number of carbonyl (C=O) groups is 1. The normalized spacial score (nSPS) is 19.8. The fraction of sp³-hybridized carbons (Fsp3) is 0.421. The molecule has 0 saturated carbocycles. The Morgan fingerprint density at radius 2 is 2.17 bits per heavy atom. The van der Waals surface area contributed by atoms with E-state index < -0.39 is 0 Å². The SMILES string of the molecule is CC[C@@H](NC(=O)c1ccoc1)[C@@H]1CN(Cc2ccccc2)CCO1. The maximum atomic E-state index is 12.3. The lowest BCUT2D eigenvalue weighted by Crippen LogP contribution is -2.53. The number of amides is 1. The minimum atomic E-state index is -0.112. The molecule has 0 bridgehead atoms. The average molecular weight is 328 g/mol. The largest absolute Gasteiger partial charge is 0.472 e. The molecule has 1 fully saturated rings. The lowest BCUT2D eigenvalue weighted by molar-refractivity contribution is -0.0483. The number of hydrogen-bond donors (Lipinski definition) is 1. The molecular formula is C19H24N2O3. The van der Waals surface area contributed by atoms with Crippen molar-refractivity contribution in [1.82, 2.24) is 10.2 Å². The van der Waals surface area contributed by atoms with E-state index in [1.54, 1.807) is 6.07 Å². The van der Waals surface area contributed by atoms with Gasteiger partial charge in [-0.25, -0.2) is 0 Å². The Labute approximate surface area is 142 Å². The zero-order valence-corrected chi connectivity index (χ0v) is 14.0. The van der Waals surface area contributed by atoms with Crippen LogP contribution in [0, 0.1) is 0 Å². The number of benzene rings is 1. The summed E-state index contributed by atoms with van der Waals surface area (Å²) < 4.78 is 10.9. The summed E-state index contributed by atoms with van der Waals surface area (Å²) in [6.07, 6.45) is 3.80. The zero-order valence-electron chi connectivity index (χ0n) is 14.0. The lowest BCUT2D eigenvalue weighted by Gasteiger charge is -2.37. The van der Waals surface area contributed by atoms with Crippen LogP contribution in [0.5, 0.6) is 0 Å². The van der Waals surface area contributed by atoms with E-state index in [0.29, 0.717) is 12.2 Å². The van der Waals surface area contributed by atoms with Crippen molar-refractivity contribution in [1.29, 1.82) is 0 Å². The molecule has 2 aromatic rings. The second kappa shape index (κ2) is 8.13. The highest BCUT2D eigenvalue weighted by atomic mass is 16.5. The molecule has 1 aliphatic rings. The molecule has 0 radical (unpaired) electrons. The number of morpholine rings is 1. The number of nitrogens with one attached hydrogen (secondary N) is 1. The van der Waals surface area contributed by atoms with Crippen LogP contribution >= 0.6 is 0 Å². The Bertz CT molecular complexity index is 627. The minimum Gasteiger partial charge on any atom is -0.472 e. The Morgan fingerprint density at radius 1 is 1.33 bits per heavy atom. The second-order valence-electron chi connectivity index (χ2n) is 6.13. The van der Waals surface area contributed by atoms with E-state index in [-0.39, 0.29) is 18.1 Å². The van der Waals surface area contributed by atoms with Gasteiger partial charge in [-0.15, -0.1) is 0 Å². The monoisotopic (exact) mass is 328 g/mol. The summed E-state index contributed by atoms with van der Waals surface area (Å²) in [7, 11) is 0. The maximum Gasteiger partial charge on any atom is 0.254 e. The van der Waals surface area contributed by atoms with Crippen LogP contribution in [0.25, 0.3) is 0 Å². The summed E-state index contributed by atoms with van der Waals surface area (Å²) in [5, 5.41) is 3.07. The lowest BCUT2D eigenvalue weighted by atomic mass is 10.1. The first-order valence-electron chi connectivity index (χ1n) is 8.47. The summed E-state index contributed by atoms with van der Waals surface area (Å²) in [6, 6.07) is 12.1. The van der Waals surface area contributed by atoms with E-state index >= 15 is 0 Å². The molecule has 5 heteroatoms. The third-order valence-corrected chi connectivity index (χ3v) is 4.42. The van der Waals surface area contributed by atoms with E-state index in [9.17, 15) is 4.79 Å². The molecular weight excluding hydrogens is 304 g/mol. The highest BCUT2D eigenvalue weighted by Crippen LogP contribution is 2.15. The quantitative estimate of drug-likeness (QED) is 0.886. The molecule has 3 rings (SSSR count). The molecule has 2 heterocycles. The number of ether oxygens (including phenoxy) is 1. The van der Waals surface area contributed by atoms with Crippen molar-refractivity contribution < 1.29 is 13.9 Å². The summed E-state index contributed by atoms with van der Waals surface area (Å²) in [5.41, 5.74) is 1.85. The molecule has 128 valence electrons. The van der Waals surface area contributed by atoms with E-state index in [0.717, 1.165) is 26.1 Å². The predicted octanol–water partition coefficient (Wildman–Crippen LogP) is 2.69. The standard InChI is InChI=1S/C19H24N2O3/c1-2-17(20-19(22)16-8-10-23-14-16)18-13-21(9-11-24-18)12-15-6-4-3-5-7-15/h3-8,10,14,17-18H,2,9,11-13H2,1H3,(H,20,22)/t17-,18+/m1/s1. The van der Waals surface area contributed by atoms with Gasteiger partial charge in [-0.1, -0.05) is 37.3 Å². The summed E-state index contributed by atoms with van der Waals surface area (Å²) in [6.45, 7) is 5.40. The van der Waals surface area contributed by atoms with Crippen LogP contribution in [0.15, 0.2) is 53.3 Å². The van der Waals surface area contributed by atoms with Gasteiger partial charge in [-0.3, -0.25) is 9.69 Å². The van der Waals surface area contributed by atoms with Crippen molar-refractivity contribution >= 4 is 5.91 Å². The number of furan rings is 1. The van der Waals surface area contributed by atoms with Gasteiger partial charge in [0.1, 0.15) is 6.26 Å². The predicted molar refractivity (Wildman–Crippen MR) is 91.7 cm³/mol. The molecule has 1 aliphatic heterocycles. The number of carbonyl (C=O) groups excluding carboxylic acids is 1. The third kappa shape index (κ3) is 4.24. The van der Waals surface area contributed by atoms with Gasteiger partial charge in [-0.05, 0) is 18.1 Å². The fourth-order valence-electron chi connectivity index (χ4n) is 3.06. The molecule has 5 nitrogen and oxygen atoms in total. The van der Waals surface area contributed by atoms with Crippen LogP contribution in [0.3, 0.4) is 0 Å². The van der Waals surface area contributed by atoms with Crippen molar-refractivity contribution in [3.05, 3.63) is 60.1 Å². The van der Waals surface area contributed by atoms with Crippen molar-refractivity contribution in [2.24, 2.45) is 0 Å². The summed E-state index contributed by atoms with van der Waals surface area (Å²) in [4.78, 5) is 14.6. The number of hydrogen-bond acceptors (Lipinski definition) is 4. The van der Waals surface area contributed by atoms with Gasteiger partial charge >= 0.3 is 0 Å². The van der Waals surface area contributed by atoms with Crippen LogP contribution < -0.4 is 5.32 Å². The Hall–Kier alpha value is -2.11. The smallest absolute Gasteiger partial charge is 0.254 e. The molecule has 0 spiro atoms. The molecule has 1 saturated heterocycles. The molecule has 2 atom stereocenters. The van der Waals surface area contributed by atoms with Crippen LogP contribution in [-0.4, -0.2) is 42.6 Å². The van der Waals surface area contributed by atoms with Gasteiger partial charge < -0.3 is 14.5 Å². The van der Waals surface area contributed by atoms with Crippen LogP contribution in [0.1, 0.15) is 29.3 Å². The highest BCUT2D eigenvalue weighted by molar-refractivity contribution is 5.93. The van der Waals surface area contributed by atoms with E-state index in [4.69, 9.17) is 9.15 Å². The topological polar surface area (TPSA) is 54.7 Å². The number of nitrogens with zero attached hydrogens (tertiary/aromatic N) is 1. The molecule has 1 amide bonds. The molecule has 0 unspecified atom stereocenters. The average Bonchev–Trinajstić information content (AvgIpc) is 3.15. The van der Waals surface area contributed by atoms with Gasteiger partial charge in [0.05, 0.1) is 30.6 Å². The van der Waals surface area contributed by atoms with Crippen molar-refractivity contribution in [3.63, 3.8) is 0 Å². The first-order valence-corrected chi connectivity index (χ1v) is 8.47. The van der Waals surface area contributed by atoms with Gasteiger partial charge in [0.25, 0.3) is 5.91 Å². The van der Waals surface area contributed by atoms with E-state index in [1.807, 2.05) is 6.07 Å². The van der Waals surface area contributed by atoms with Gasteiger partial charge in [0.15, 0.2) is 0 Å².